The Labute approximate surface area is 98.4 Å². The zero-order chi connectivity index (χ0) is 13.9. The van der Waals surface area contributed by atoms with Crippen LogP contribution in [0.3, 0.4) is 0 Å². The number of halogens is 3. The van der Waals surface area contributed by atoms with Crippen molar-refractivity contribution in [3.05, 3.63) is 39.9 Å². The molecule has 0 aliphatic heterocycles. The molecule has 5 nitrogen and oxygen atoms in total. The molecule has 1 aromatic carbocycles. The zero-order valence-corrected chi connectivity index (χ0v) is 8.68. The molecule has 1 unspecified atom stereocenters. The maximum Gasteiger partial charge on any atom is 0.451 e. The van der Waals surface area contributed by atoms with Crippen LogP contribution in [0.4, 0.5) is 18.9 Å². The minimum atomic E-state index is -5.13. The Bertz CT molecular complexity index is 481. The van der Waals surface area contributed by atoms with Gasteiger partial charge < -0.3 is 4.79 Å². The van der Waals surface area contributed by atoms with E-state index in [0.717, 1.165) is 24.3 Å². The quantitative estimate of drug-likeness (QED) is 0.359. The fourth-order valence-corrected chi connectivity index (χ4v) is 1.27. The molecule has 0 heterocycles. The minimum absolute atomic E-state index is 0.142. The third kappa shape index (κ3) is 2.90. The van der Waals surface area contributed by atoms with Crippen LogP contribution in [0.5, 0.6) is 0 Å². The largest absolute Gasteiger partial charge is 0.451 e. The summed E-state index contributed by atoms with van der Waals surface area (Å²) in [5.74, 6) is -4.20. The standard InChI is InChI=1S/C10H6F3NO4/c11-10(12,13)9(16)8(5-15)6-1-3-7(4-2-6)14(17)18/h1-5,8H. The number of carbonyl (C=O) groups excluding carboxylic acids is 2. The SMILES string of the molecule is O=CC(C(=O)C(F)(F)F)c1ccc([N+](=O)[O-])cc1. The lowest BCUT2D eigenvalue weighted by molar-refractivity contribution is -0.384. The summed E-state index contributed by atoms with van der Waals surface area (Å²) in [6.45, 7) is 0. The molecular weight excluding hydrogens is 255 g/mol. The molecule has 0 bridgehead atoms. The Kier molecular flexibility index (Phi) is 3.79. The van der Waals surface area contributed by atoms with Crippen molar-refractivity contribution >= 4 is 17.8 Å². The number of rotatable bonds is 4. The topological polar surface area (TPSA) is 77.3 Å². The molecule has 0 radical (unpaired) electrons. The molecule has 0 amide bonds. The molecule has 0 fully saturated rings. The second kappa shape index (κ2) is 4.94. The normalized spacial score (nSPS) is 12.8. The predicted octanol–water partition coefficient (Wildman–Crippen LogP) is 2.01. The van der Waals surface area contributed by atoms with Crippen LogP contribution in [0, 0.1) is 10.1 Å². The van der Waals surface area contributed by atoms with Crippen molar-refractivity contribution < 1.29 is 27.7 Å². The van der Waals surface area contributed by atoms with Gasteiger partial charge in [0.1, 0.15) is 12.2 Å². The molecule has 0 spiro atoms. The number of aldehydes is 1. The minimum Gasteiger partial charge on any atom is -0.302 e. The van der Waals surface area contributed by atoms with Crippen molar-refractivity contribution in [2.24, 2.45) is 0 Å². The molecule has 8 heteroatoms. The second-order valence-corrected chi connectivity index (χ2v) is 3.32. The van der Waals surface area contributed by atoms with Crippen LogP contribution in [0.25, 0.3) is 0 Å². The molecule has 96 valence electrons. The lowest BCUT2D eigenvalue weighted by Gasteiger charge is -2.11. The van der Waals surface area contributed by atoms with E-state index in [1.807, 2.05) is 0 Å². The third-order valence-corrected chi connectivity index (χ3v) is 2.16. The summed E-state index contributed by atoms with van der Waals surface area (Å²) in [4.78, 5) is 31.1. The van der Waals surface area contributed by atoms with Gasteiger partial charge in [0, 0.05) is 12.1 Å². The Hall–Kier alpha value is -2.25. The third-order valence-electron chi connectivity index (χ3n) is 2.16. The van der Waals surface area contributed by atoms with Gasteiger partial charge in [0.2, 0.25) is 0 Å². The number of hydrogen-bond acceptors (Lipinski definition) is 4. The average molecular weight is 261 g/mol. The summed E-state index contributed by atoms with van der Waals surface area (Å²) >= 11 is 0. The van der Waals surface area contributed by atoms with E-state index >= 15 is 0 Å². The van der Waals surface area contributed by atoms with Crippen LogP contribution >= 0.6 is 0 Å². The predicted molar refractivity (Wildman–Crippen MR) is 53.0 cm³/mol. The molecule has 0 aromatic heterocycles. The number of ketones is 1. The molecule has 1 atom stereocenters. The van der Waals surface area contributed by atoms with E-state index in [-0.39, 0.29) is 17.5 Å². The number of Topliss-reactive ketones (excluding diaryl/α,β-unsaturated/α-hetero) is 1. The fourth-order valence-electron chi connectivity index (χ4n) is 1.27. The van der Waals surface area contributed by atoms with Crippen LogP contribution < -0.4 is 0 Å². The van der Waals surface area contributed by atoms with E-state index in [1.165, 1.54) is 0 Å². The first-order chi connectivity index (χ1) is 8.27. The van der Waals surface area contributed by atoms with Gasteiger partial charge in [-0.15, -0.1) is 0 Å². The molecule has 0 saturated carbocycles. The first kappa shape index (κ1) is 13.8. The van der Waals surface area contributed by atoms with E-state index < -0.39 is 22.8 Å². The lowest BCUT2D eigenvalue weighted by Crippen LogP contribution is -2.29. The summed E-state index contributed by atoms with van der Waals surface area (Å²) in [5.41, 5.74) is -0.583. The van der Waals surface area contributed by atoms with Gasteiger partial charge in [-0.05, 0) is 5.56 Å². The fraction of sp³-hybridized carbons (Fsp3) is 0.200. The van der Waals surface area contributed by atoms with Crippen LogP contribution in [0.2, 0.25) is 0 Å². The summed E-state index contributed by atoms with van der Waals surface area (Å²) in [6, 6.07) is 3.74. The molecule has 0 N–H and O–H groups in total. The maximum atomic E-state index is 12.2. The highest BCUT2D eigenvalue weighted by molar-refractivity contribution is 6.02. The number of nitrogens with zero attached hydrogens (tertiary/aromatic N) is 1. The maximum absolute atomic E-state index is 12.2. The Morgan fingerprint density at radius 3 is 2.11 bits per heavy atom. The van der Waals surface area contributed by atoms with Crippen LogP contribution in [0.1, 0.15) is 11.5 Å². The van der Waals surface area contributed by atoms with Crippen molar-refractivity contribution in [3.8, 4) is 0 Å². The summed E-state index contributed by atoms with van der Waals surface area (Å²) < 4.78 is 36.5. The van der Waals surface area contributed by atoms with Crippen molar-refractivity contribution in [1.29, 1.82) is 0 Å². The molecular formula is C10H6F3NO4. The van der Waals surface area contributed by atoms with E-state index in [9.17, 15) is 32.9 Å². The van der Waals surface area contributed by atoms with Gasteiger partial charge in [0.05, 0.1) is 4.92 Å². The lowest BCUT2D eigenvalue weighted by atomic mass is 9.95. The van der Waals surface area contributed by atoms with Gasteiger partial charge >= 0.3 is 6.18 Å². The number of non-ortho nitro benzene ring substituents is 1. The highest BCUT2D eigenvalue weighted by atomic mass is 19.4. The van der Waals surface area contributed by atoms with Gasteiger partial charge in [-0.2, -0.15) is 13.2 Å². The van der Waals surface area contributed by atoms with Crippen LogP contribution in [-0.4, -0.2) is 23.2 Å². The summed E-state index contributed by atoms with van der Waals surface area (Å²) in [6.07, 6.45) is -5.27. The number of nitro groups is 1. The molecule has 18 heavy (non-hydrogen) atoms. The highest BCUT2D eigenvalue weighted by Crippen LogP contribution is 2.27. The average Bonchev–Trinajstić information content (AvgIpc) is 2.29. The molecule has 0 aliphatic carbocycles. The second-order valence-electron chi connectivity index (χ2n) is 3.32. The number of hydrogen-bond donors (Lipinski definition) is 0. The number of benzene rings is 1. The monoisotopic (exact) mass is 261 g/mol. The van der Waals surface area contributed by atoms with Crippen molar-refractivity contribution in [2.75, 3.05) is 0 Å². The van der Waals surface area contributed by atoms with Gasteiger partial charge in [-0.25, -0.2) is 0 Å². The van der Waals surface area contributed by atoms with Gasteiger partial charge in [-0.3, -0.25) is 14.9 Å². The van der Waals surface area contributed by atoms with Gasteiger partial charge in [-0.1, -0.05) is 12.1 Å². The van der Waals surface area contributed by atoms with Crippen molar-refractivity contribution in [2.45, 2.75) is 12.1 Å². The molecule has 0 aliphatic rings. The number of carbonyl (C=O) groups is 2. The first-order valence-electron chi connectivity index (χ1n) is 4.58. The highest BCUT2D eigenvalue weighted by Gasteiger charge is 2.43. The van der Waals surface area contributed by atoms with Gasteiger partial charge in [0.15, 0.2) is 0 Å². The Morgan fingerprint density at radius 1 is 1.28 bits per heavy atom. The number of nitro benzene ring substituents is 1. The Morgan fingerprint density at radius 2 is 1.78 bits per heavy atom. The first-order valence-corrected chi connectivity index (χ1v) is 4.58. The molecule has 1 rings (SSSR count). The van der Waals surface area contributed by atoms with Gasteiger partial charge in [0.25, 0.3) is 11.5 Å². The molecule has 0 saturated heterocycles. The molecule has 1 aromatic rings. The summed E-state index contributed by atoms with van der Waals surface area (Å²) in [7, 11) is 0. The summed E-state index contributed by atoms with van der Waals surface area (Å²) in [5, 5.41) is 10.3. The zero-order valence-electron chi connectivity index (χ0n) is 8.68. The van der Waals surface area contributed by atoms with E-state index in [2.05, 4.69) is 0 Å². The van der Waals surface area contributed by atoms with E-state index in [4.69, 9.17) is 0 Å². The Balaban J connectivity index is 3.07. The smallest absolute Gasteiger partial charge is 0.302 e. The van der Waals surface area contributed by atoms with Crippen LogP contribution in [-0.2, 0) is 9.59 Å². The van der Waals surface area contributed by atoms with E-state index in [0.29, 0.717) is 0 Å². The van der Waals surface area contributed by atoms with E-state index in [1.54, 1.807) is 0 Å². The van der Waals surface area contributed by atoms with Crippen LogP contribution in [0.15, 0.2) is 24.3 Å². The van der Waals surface area contributed by atoms with Crippen molar-refractivity contribution in [1.82, 2.24) is 0 Å². The number of alkyl halides is 3. The van der Waals surface area contributed by atoms with Crippen molar-refractivity contribution in [3.63, 3.8) is 0 Å².